The fourth-order valence-corrected chi connectivity index (χ4v) is 4.80. The second-order valence-corrected chi connectivity index (χ2v) is 9.08. The first kappa shape index (κ1) is 20.5. The number of nitrogens with one attached hydrogen (secondary N) is 1. The van der Waals surface area contributed by atoms with Gasteiger partial charge in [0.1, 0.15) is 5.82 Å². The van der Waals surface area contributed by atoms with Gasteiger partial charge in [0.15, 0.2) is 0 Å². The Labute approximate surface area is 165 Å². The normalized spacial score (nSPS) is 15.4. The molecule has 150 valence electrons. The van der Waals surface area contributed by atoms with Crippen LogP contribution < -0.4 is 5.32 Å². The molecule has 28 heavy (non-hydrogen) atoms. The Morgan fingerprint density at radius 3 is 2.43 bits per heavy atom. The van der Waals surface area contributed by atoms with E-state index in [9.17, 15) is 17.6 Å². The van der Waals surface area contributed by atoms with Crippen LogP contribution in [-0.2, 0) is 21.2 Å². The lowest BCUT2D eigenvalue weighted by Crippen LogP contribution is -2.35. The number of nitrogens with zero attached hydrogens (tertiary/aromatic N) is 1. The molecule has 5 nitrogen and oxygen atoms in total. The third kappa shape index (κ3) is 4.97. The lowest BCUT2D eigenvalue weighted by molar-refractivity contribution is -0.116. The average Bonchev–Trinajstić information content (AvgIpc) is 2.70. The first-order valence-corrected chi connectivity index (χ1v) is 11.0. The van der Waals surface area contributed by atoms with Crippen LogP contribution in [0.1, 0.15) is 36.8 Å². The molecule has 0 bridgehead atoms. The molecular weight excluding hydrogens is 379 g/mol. The Kier molecular flexibility index (Phi) is 6.46. The van der Waals surface area contributed by atoms with Gasteiger partial charge in [0.25, 0.3) is 0 Å². The van der Waals surface area contributed by atoms with Crippen LogP contribution in [0.3, 0.4) is 0 Å². The minimum Gasteiger partial charge on any atom is -0.324 e. The first-order valence-electron chi connectivity index (χ1n) is 9.51. The predicted octanol–water partition coefficient (Wildman–Crippen LogP) is 3.88. The molecule has 1 heterocycles. The molecule has 2 aromatic carbocycles. The quantitative estimate of drug-likeness (QED) is 0.795. The minimum atomic E-state index is -3.45. The van der Waals surface area contributed by atoms with E-state index in [0.717, 1.165) is 30.4 Å². The SMILES string of the molecule is Cc1ccc(F)c(NC(=O)CCc2ccc(S(=O)(=O)N3CCCCC3)cc2)c1. The lowest BCUT2D eigenvalue weighted by atomic mass is 10.1. The van der Waals surface area contributed by atoms with Gasteiger partial charge in [0, 0.05) is 19.5 Å². The van der Waals surface area contributed by atoms with Gasteiger partial charge < -0.3 is 5.32 Å². The first-order chi connectivity index (χ1) is 13.4. The van der Waals surface area contributed by atoms with Crippen LogP contribution in [0.5, 0.6) is 0 Å². The minimum absolute atomic E-state index is 0.174. The van der Waals surface area contributed by atoms with Crippen LogP contribution in [0.4, 0.5) is 10.1 Å². The number of piperidine rings is 1. The summed E-state index contributed by atoms with van der Waals surface area (Å²) in [6, 6.07) is 11.2. The van der Waals surface area contributed by atoms with Crippen molar-refractivity contribution in [1.82, 2.24) is 4.31 Å². The summed E-state index contributed by atoms with van der Waals surface area (Å²) in [7, 11) is -3.45. The number of carbonyl (C=O) groups excluding carboxylic acids is 1. The number of carbonyl (C=O) groups is 1. The largest absolute Gasteiger partial charge is 0.324 e. The summed E-state index contributed by atoms with van der Waals surface area (Å²) in [6.07, 6.45) is 3.50. The number of anilines is 1. The maximum absolute atomic E-state index is 13.7. The molecule has 1 N–H and O–H groups in total. The second-order valence-electron chi connectivity index (χ2n) is 7.14. The monoisotopic (exact) mass is 404 g/mol. The highest BCUT2D eigenvalue weighted by Crippen LogP contribution is 2.21. The van der Waals surface area contributed by atoms with E-state index in [-0.39, 0.29) is 22.9 Å². The molecule has 2 aromatic rings. The Balaban J connectivity index is 1.58. The topological polar surface area (TPSA) is 66.5 Å². The number of rotatable bonds is 6. The summed E-state index contributed by atoms with van der Waals surface area (Å²) in [5.41, 5.74) is 1.90. The van der Waals surface area contributed by atoms with E-state index in [2.05, 4.69) is 5.32 Å². The van der Waals surface area contributed by atoms with Crippen LogP contribution >= 0.6 is 0 Å². The van der Waals surface area contributed by atoms with Crippen molar-refractivity contribution in [2.75, 3.05) is 18.4 Å². The summed E-state index contributed by atoms with van der Waals surface area (Å²) < 4.78 is 40.6. The highest BCUT2D eigenvalue weighted by atomic mass is 32.2. The number of hydrogen-bond acceptors (Lipinski definition) is 3. The molecule has 1 amide bonds. The summed E-state index contributed by atoms with van der Waals surface area (Å²) in [5, 5.41) is 2.58. The van der Waals surface area contributed by atoms with E-state index >= 15 is 0 Å². The van der Waals surface area contributed by atoms with Crippen LogP contribution in [-0.4, -0.2) is 31.7 Å². The molecular formula is C21H25FN2O3S. The molecule has 0 saturated carbocycles. The number of amides is 1. The molecule has 1 saturated heterocycles. The standard InChI is InChI=1S/C21H25FN2O3S/c1-16-5-11-19(22)20(15-16)23-21(25)12-8-17-6-9-18(10-7-17)28(26,27)24-13-3-2-4-14-24/h5-7,9-11,15H,2-4,8,12-14H2,1H3,(H,23,25). The molecule has 0 radical (unpaired) electrons. The van der Waals surface area contributed by atoms with Crippen molar-refractivity contribution in [3.63, 3.8) is 0 Å². The van der Waals surface area contributed by atoms with E-state index in [4.69, 9.17) is 0 Å². The van der Waals surface area contributed by atoms with E-state index in [1.165, 1.54) is 10.4 Å². The van der Waals surface area contributed by atoms with E-state index in [1.54, 1.807) is 36.4 Å². The van der Waals surface area contributed by atoms with Crippen LogP contribution in [0, 0.1) is 12.7 Å². The summed E-state index contributed by atoms with van der Waals surface area (Å²) in [6.45, 7) is 2.97. The van der Waals surface area contributed by atoms with Gasteiger partial charge in [-0.2, -0.15) is 4.31 Å². The van der Waals surface area contributed by atoms with Crippen molar-refractivity contribution >= 4 is 21.6 Å². The van der Waals surface area contributed by atoms with Gasteiger partial charge in [-0.3, -0.25) is 4.79 Å². The molecule has 0 unspecified atom stereocenters. The van der Waals surface area contributed by atoms with Gasteiger partial charge in [0.2, 0.25) is 15.9 Å². The van der Waals surface area contributed by atoms with Gasteiger partial charge in [-0.15, -0.1) is 0 Å². The van der Waals surface area contributed by atoms with Crippen molar-refractivity contribution in [3.8, 4) is 0 Å². The van der Waals surface area contributed by atoms with Crippen molar-refractivity contribution in [2.24, 2.45) is 0 Å². The fourth-order valence-electron chi connectivity index (χ4n) is 3.29. The zero-order valence-corrected chi connectivity index (χ0v) is 16.8. The molecule has 0 aliphatic carbocycles. The third-order valence-electron chi connectivity index (χ3n) is 4.91. The van der Waals surface area contributed by atoms with Crippen LogP contribution in [0.2, 0.25) is 0 Å². The number of sulfonamides is 1. The highest BCUT2D eigenvalue weighted by Gasteiger charge is 2.25. The van der Waals surface area contributed by atoms with E-state index in [0.29, 0.717) is 19.5 Å². The van der Waals surface area contributed by atoms with Gasteiger partial charge in [-0.05, 0) is 61.6 Å². The van der Waals surface area contributed by atoms with Gasteiger partial charge in [-0.25, -0.2) is 12.8 Å². The number of hydrogen-bond donors (Lipinski definition) is 1. The molecule has 1 aliphatic heterocycles. The Hall–Kier alpha value is -2.25. The zero-order valence-electron chi connectivity index (χ0n) is 15.9. The van der Waals surface area contributed by atoms with Crippen LogP contribution in [0.25, 0.3) is 0 Å². The second kappa shape index (κ2) is 8.84. The Morgan fingerprint density at radius 1 is 1.07 bits per heavy atom. The predicted molar refractivity (Wildman–Crippen MR) is 107 cm³/mol. The molecule has 0 aromatic heterocycles. The number of halogens is 1. The van der Waals surface area contributed by atoms with Crippen LogP contribution in [0.15, 0.2) is 47.4 Å². The molecule has 3 rings (SSSR count). The highest BCUT2D eigenvalue weighted by molar-refractivity contribution is 7.89. The van der Waals surface area contributed by atoms with Gasteiger partial charge >= 0.3 is 0 Å². The summed E-state index contributed by atoms with van der Waals surface area (Å²) >= 11 is 0. The lowest BCUT2D eigenvalue weighted by Gasteiger charge is -2.25. The van der Waals surface area contributed by atoms with Crippen molar-refractivity contribution < 1.29 is 17.6 Å². The third-order valence-corrected chi connectivity index (χ3v) is 6.83. The molecule has 0 spiro atoms. The fraction of sp³-hybridized carbons (Fsp3) is 0.381. The van der Waals surface area contributed by atoms with Crippen molar-refractivity contribution in [3.05, 3.63) is 59.4 Å². The maximum Gasteiger partial charge on any atom is 0.243 e. The number of benzene rings is 2. The van der Waals surface area contributed by atoms with Crippen molar-refractivity contribution in [1.29, 1.82) is 0 Å². The molecule has 0 atom stereocenters. The Bertz CT molecular complexity index is 937. The van der Waals surface area contributed by atoms with Gasteiger partial charge in [-0.1, -0.05) is 24.6 Å². The maximum atomic E-state index is 13.7. The molecule has 7 heteroatoms. The van der Waals surface area contributed by atoms with Gasteiger partial charge in [0.05, 0.1) is 10.6 Å². The zero-order chi connectivity index (χ0) is 20.1. The molecule has 1 fully saturated rings. The van der Waals surface area contributed by atoms with Crippen molar-refractivity contribution in [2.45, 2.75) is 43.9 Å². The van der Waals surface area contributed by atoms with E-state index < -0.39 is 15.8 Å². The molecule has 1 aliphatic rings. The number of aryl methyl sites for hydroxylation is 2. The van der Waals surface area contributed by atoms with E-state index in [1.807, 2.05) is 6.92 Å². The smallest absolute Gasteiger partial charge is 0.243 e. The Morgan fingerprint density at radius 2 is 1.75 bits per heavy atom. The summed E-state index contributed by atoms with van der Waals surface area (Å²) in [5.74, 6) is -0.749. The summed E-state index contributed by atoms with van der Waals surface area (Å²) in [4.78, 5) is 12.4. The average molecular weight is 405 g/mol.